The van der Waals surface area contributed by atoms with Gasteiger partial charge in [-0.25, -0.2) is 0 Å². The molecule has 1 N–H and O–H groups in total. The van der Waals surface area contributed by atoms with Crippen LogP contribution in [0.15, 0.2) is 22.7 Å². The lowest BCUT2D eigenvalue weighted by molar-refractivity contribution is 0.0907. The van der Waals surface area contributed by atoms with E-state index in [-0.39, 0.29) is 12.0 Å². The molecule has 1 aromatic carbocycles. The van der Waals surface area contributed by atoms with Crippen LogP contribution in [0.5, 0.6) is 0 Å². The predicted octanol–water partition coefficient (Wildman–Crippen LogP) is 3.26. The Balaban J connectivity index is 1.93. The van der Waals surface area contributed by atoms with Gasteiger partial charge in [-0.1, -0.05) is 11.6 Å². The number of hydrogen-bond donors (Lipinski definition) is 1. The first-order valence-electron chi connectivity index (χ1n) is 5.93. The van der Waals surface area contributed by atoms with Crippen LogP contribution in [0.2, 0.25) is 5.02 Å². The van der Waals surface area contributed by atoms with E-state index in [1.165, 1.54) is 0 Å². The van der Waals surface area contributed by atoms with Gasteiger partial charge >= 0.3 is 0 Å². The number of carbonyl (C=O) groups is 1. The number of rotatable bonds is 3. The van der Waals surface area contributed by atoms with Crippen LogP contribution in [0, 0.1) is 5.92 Å². The molecule has 1 heterocycles. The van der Waals surface area contributed by atoms with Crippen molar-refractivity contribution in [1.29, 1.82) is 0 Å². The van der Waals surface area contributed by atoms with E-state index >= 15 is 0 Å². The Bertz CT molecular complexity index is 453. The van der Waals surface area contributed by atoms with Crippen LogP contribution in [-0.4, -0.2) is 25.2 Å². The first kappa shape index (κ1) is 13.8. The minimum atomic E-state index is -0.0940. The molecule has 1 fully saturated rings. The van der Waals surface area contributed by atoms with Gasteiger partial charge in [0, 0.05) is 29.1 Å². The van der Waals surface area contributed by atoms with Crippen molar-refractivity contribution in [2.45, 2.75) is 19.4 Å². The third kappa shape index (κ3) is 3.25. The topological polar surface area (TPSA) is 38.3 Å². The number of hydrogen-bond acceptors (Lipinski definition) is 2. The standard InChI is InChI=1S/C13H15BrClNO2/c1-8-10(4-5-18-8)7-16-13(17)9-2-3-11(14)12(15)6-9/h2-3,6,8,10H,4-5,7H2,1H3,(H,16,17). The van der Waals surface area contributed by atoms with E-state index in [0.29, 0.717) is 23.0 Å². The Hall–Kier alpha value is -0.580. The van der Waals surface area contributed by atoms with E-state index in [9.17, 15) is 4.79 Å². The molecule has 2 unspecified atom stereocenters. The number of benzene rings is 1. The number of ether oxygens (including phenoxy) is 1. The molecule has 0 aromatic heterocycles. The lowest BCUT2D eigenvalue weighted by atomic mass is 10.0. The maximum atomic E-state index is 11.9. The van der Waals surface area contributed by atoms with Crippen LogP contribution in [-0.2, 0) is 4.74 Å². The fourth-order valence-electron chi connectivity index (χ4n) is 2.01. The Morgan fingerprint density at radius 1 is 1.61 bits per heavy atom. The molecule has 3 nitrogen and oxygen atoms in total. The van der Waals surface area contributed by atoms with E-state index in [2.05, 4.69) is 21.2 Å². The molecule has 0 radical (unpaired) electrons. The molecule has 1 aromatic rings. The second kappa shape index (κ2) is 6.04. The summed E-state index contributed by atoms with van der Waals surface area (Å²) in [5, 5.41) is 3.47. The molecule has 1 amide bonds. The van der Waals surface area contributed by atoms with Gasteiger partial charge in [0.25, 0.3) is 5.91 Å². The highest BCUT2D eigenvalue weighted by molar-refractivity contribution is 9.10. The normalized spacial score (nSPS) is 23.1. The quantitative estimate of drug-likeness (QED) is 0.922. The van der Waals surface area contributed by atoms with Crippen molar-refractivity contribution in [2.75, 3.05) is 13.2 Å². The molecule has 1 aliphatic rings. The molecule has 0 spiro atoms. The van der Waals surface area contributed by atoms with Crippen molar-refractivity contribution in [3.8, 4) is 0 Å². The molecule has 0 saturated carbocycles. The fourth-order valence-corrected chi connectivity index (χ4v) is 2.43. The maximum absolute atomic E-state index is 11.9. The number of amides is 1. The van der Waals surface area contributed by atoms with E-state index in [1.54, 1.807) is 18.2 Å². The van der Waals surface area contributed by atoms with Gasteiger partial charge in [0.15, 0.2) is 0 Å². The summed E-state index contributed by atoms with van der Waals surface area (Å²) in [7, 11) is 0. The zero-order chi connectivity index (χ0) is 13.1. The second-order valence-corrected chi connectivity index (χ2v) is 5.73. The van der Waals surface area contributed by atoms with Gasteiger partial charge in [-0.15, -0.1) is 0 Å². The van der Waals surface area contributed by atoms with Gasteiger partial charge in [0.1, 0.15) is 0 Å². The van der Waals surface area contributed by atoms with Crippen molar-refractivity contribution in [1.82, 2.24) is 5.32 Å². The summed E-state index contributed by atoms with van der Waals surface area (Å²) >= 11 is 9.26. The molecule has 5 heteroatoms. The van der Waals surface area contributed by atoms with Crippen LogP contribution >= 0.6 is 27.5 Å². The van der Waals surface area contributed by atoms with E-state index < -0.39 is 0 Å². The summed E-state index contributed by atoms with van der Waals surface area (Å²) in [4.78, 5) is 11.9. The maximum Gasteiger partial charge on any atom is 0.251 e. The largest absolute Gasteiger partial charge is 0.378 e. The SMILES string of the molecule is CC1OCCC1CNC(=O)c1ccc(Br)c(Cl)c1. The first-order valence-corrected chi connectivity index (χ1v) is 7.10. The molecule has 1 aliphatic heterocycles. The Kier molecular flexibility index (Phi) is 4.65. The van der Waals surface area contributed by atoms with E-state index in [0.717, 1.165) is 17.5 Å². The third-order valence-corrected chi connectivity index (χ3v) is 4.47. The Labute approximate surface area is 120 Å². The van der Waals surface area contributed by atoms with Gasteiger partial charge in [0.2, 0.25) is 0 Å². The van der Waals surface area contributed by atoms with Crippen molar-refractivity contribution in [3.05, 3.63) is 33.3 Å². The Morgan fingerprint density at radius 3 is 3.00 bits per heavy atom. The molecule has 2 atom stereocenters. The number of carbonyl (C=O) groups excluding carboxylic acids is 1. The highest BCUT2D eigenvalue weighted by Crippen LogP contribution is 2.23. The smallest absolute Gasteiger partial charge is 0.251 e. The predicted molar refractivity (Wildman–Crippen MR) is 75.0 cm³/mol. The van der Waals surface area contributed by atoms with Crippen molar-refractivity contribution >= 4 is 33.4 Å². The van der Waals surface area contributed by atoms with Crippen LogP contribution in [0.3, 0.4) is 0 Å². The summed E-state index contributed by atoms with van der Waals surface area (Å²) in [6, 6.07) is 5.19. The summed E-state index contributed by atoms with van der Waals surface area (Å²) < 4.78 is 6.25. The zero-order valence-electron chi connectivity index (χ0n) is 10.1. The minimum Gasteiger partial charge on any atom is -0.378 e. The molecule has 2 rings (SSSR count). The molecule has 18 heavy (non-hydrogen) atoms. The van der Waals surface area contributed by atoms with E-state index in [4.69, 9.17) is 16.3 Å². The zero-order valence-corrected chi connectivity index (χ0v) is 12.4. The van der Waals surface area contributed by atoms with Gasteiger partial charge < -0.3 is 10.1 Å². The number of nitrogens with one attached hydrogen (secondary N) is 1. The molecular weight excluding hydrogens is 318 g/mol. The fraction of sp³-hybridized carbons (Fsp3) is 0.462. The molecule has 1 saturated heterocycles. The number of halogens is 2. The highest BCUT2D eigenvalue weighted by atomic mass is 79.9. The van der Waals surface area contributed by atoms with Crippen molar-refractivity contribution < 1.29 is 9.53 Å². The van der Waals surface area contributed by atoms with Gasteiger partial charge in [-0.3, -0.25) is 4.79 Å². The van der Waals surface area contributed by atoms with Crippen molar-refractivity contribution in [2.24, 2.45) is 5.92 Å². The molecular formula is C13H15BrClNO2. The lowest BCUT2D eigenvalue weighted by Crippen LogP contribution is -2.31. The van der Waals surface area contributed by atoms with Gasteiger partial charge in [0.05, 0.1) is 11.1 Å². The highest BCUT2D eigenvalue weighted by Gasteiger charge is 2.24. The van der Waals surface area contributed by atoms with Crippen LogP contribution in [0.25, 0.3) is 0 Å². The molecule has 0 aliphatic carbocycles. The van der Waals surface area contributed by atoms with Crippen molar-refractivity contribution in [3.63, 3.8) is 0 Å². The van der Waals surface area contributed by atoms with Gasteiger partial charge in [-0.2, -0.15) is 0 Å². The van der Waals surface area contributed by atoms with Crippen LogP contribution in [0.4, 0.5) is 0 Å². The van der Waals surface area contributed by atoms with E-state index in [1.807, 2.05) is 6.92 Å². The average molecular weight is 333 g/mol. The average Bonchev–Trinajstić information content (AvgIpc) is 2.75. The first-order chi connectivity index (χ1) is 8.58. The monoisotopic (exact) mass is 331 g/mol. The third-order valence-electron chi connectivity index (χ3n) is 3.24. The molecule has 98 valence electrons. The summed E-state index contributed by atoms with van der Waals surface area (Å²) in [5.74, 6) is 0.309. The van der Waals surface area contributed by atoms with Crippen LogP contribution < -0.4 is 5.32 Å². The summed E-state index contributed by atoms with van der Waals surface area (Å²) in [6.07, 6.45) is 1.22. The minimum absolute atomic E-state index is 0.0940. The lowest BCUT2D eigenvalue weighted by Gasteiger charge is -2.14. The summed E-state index contributed by atoms with van der Waals surface area (Å²) in [6.45, 7) is 3.47. The van der Waals surface area contributed by atoms with Crippen LogP contribution in [0.1, 0.15) is 23.7 Å². The van der Waals surface area contributed by atoms with Gasteiger partial charge in [-0.05, 0) is 47.5 Å². The molecule has 0 bridgehead atoms. The summed E-state index contributed by atoms with van der Waals surface area (Å²) in [5.41, 5.74) is 0.578. The Morgan fingerprint density at radius 2 is 2.39 bits per heavy atom. The second-order valence-electron chi connectivity index (χ2n) is 4.46.